The van der Waals surface area contributed by atoms with E-state index >= 15 is 0 Å². The molecule has 190 valence electrons. The molecule has 0 spiro atoms. The molecule has 1 amide bonds. The largest absolute Gasteiger partial charge is 0.445 e. The van der Waals surface area contributed by atoms with E-state index in [0.717, 1.165) is 18.4 Å². The second-order valence-corrected chi connectivity index (χ2v) is 9.22. The minimum Gasteiger partial charge on any atom is -0.445 e. The molecular weight excluding hydrogens is 478 g/mol. The Kier molecular flexibility index (Phi) is 7.18. The first-order valence-corrected chi connectivity index (χ1v) is 12.5. The standard InChI is InChI=1S/C30H27N5O3/c31-18-26-27(22-13-15-24(16-14-22)28(36)23-10-5-2-6-11-23)33-35(29(26)32)25-12-7-17-34(19-25)30(37)38-20-21-8-3-1-4-9-21/h1-6,8-11,13-16,25H,7,12,17,19-20,32H2. The van der Waals surface area contributed by atoms with Crippen LogP contribution in [0.1, 0.15) is 45.9 Å². The molecule has 8 heteroatoms. The van der Waals surface area contributed by atoms with Crippen molar-refractivity contribution < 1.29 is 14.3 Å². The molecule has 3 aromatic carbocycles. The van der Waals surface area contributed by atoms with Crippen molar-refractivity contribution in [3.05, 3.63) is 107 Å². The SMILES string of the molecule is N#Cc1c(-c2ccc(C(=O)c3ccccc3)cc2)nn(C2CCCN(C(=O)OCc3ccccc3)C2)c1N. The Hall–Kier alpha value is -4.90. The predicted octanol–water partition coefficient (Wildman–Crippen LogP) is 5.21. The molecule has 0 saturated carbocycles. The summed E-state index contributed by atoms with van der Waals surface area (Å²) in [5, 5.41) is 14.6. The summed E-state index contributed by atoms with van der Waals surface area (Å²) >= 11 is 0. The van der Waals surface area contributed by atoms with Crippen LogP contribution in [-0.4, -0.2) is 39.6 Å². The number of carbonyl (C=O) groups is 2. The van der Waals surface area contributed by atoms with Gasteiger partial charge in [-0.25, -0.2) is 9.48 Å². The van der Waals surface area contributed by atoms with E-state index in [2.05, 4.69) is 6.07 Å². The molecule has 1 unspecified atom stereocenters. The van der Waals surface area contributed by atoms with Crippen LogP contribution in [0.5, 0.6) is 0 Å². The molecule has 0 aliphatic carbocycles. The maximum absolute atomic E-state index is 12.8. The highest BCUT2D eigenvalue weighted by atomic mass is 16.6. The summed E-state index contributed by atoms with van der Waals surface area (Å²) in [6.07, 6.45) is 1.14. The number of piperidine rings is 1. The molecule has 1 aromatic heterocycles. The Morgan fingerprint density at radius 1 is 0.974 bits per heavy atom. The summed E-state index contributed by atoms with van der Waals surface area (Å²) in [7, 11) is 0. The summed E-state index contributed by atoms with van der Waals surface area (Å²) in [6.45, 7) is 1.17. The number of nitrogen functional groups attached to an aromatic ring is 1. The molecule has 1 atom stereocenters. The zero-order valence-electron chi connectivity index (χ0n) is 20.8. The van der Waals surface area contributed by atoms with Gasteiger partial charge in [0.1, 0.15) is 29.8 Å². The molecule has 5 rings (SSSR count). The van der Waals surface area contributed by atoms with Crippen LogP contribution in [0.4, 0.5) is 10.6 Å². The van der Waals surface area contributed by atoms with E-state index in [1.807, 2.05) is 48.5 Å². The summed E-state index contributed by atoms with van der Waals surface area (Å²) < 4.78 is 7.16. The van der Waals surface area contributed by atoms with Crippen molar-refractivity contribution in [3.63, 3.8) is 0 Å². The third kappa shape index (κ3) is 5.13. The highest BCUT2D eigenvalue weighted by molar-refractivity contribution is 6.09. The van der Waals surface area contributed by atoms with Gasteiger partial charge in [0.15, 0.2) is 5.78 Å². The molecule has 1 aliphatic rings. The fourth-order valence-corrected chi connectivity index (χ4v) is 4.70. The van der Waals surface area contributed by atoms with E-state index in [9.17, 15) is 14.9 Å². The van der Waals surface area contributed by atoms with Crippen molar-refractivity contribution in [2.75, 3.05) is 18.8 Å². The van der Waals surface area contributed by atoms with Crippen LogP contribution in [0.2, 0.25) is 0 Å². The Labute approximate surface area is 220 Å². The highest BCUT2D eigenvalue weighted by Crippen LogP contribution is 2.32. The third-order valence-electron chi connectivity index (χ3n) is 6.72. The summed E-state index contributed by atoms with van der Waals surface area (Å²) in [4.78, 5) is 27.2. The molecule has 2 N–H and O–H groups in total. The summed E-state index contributed by atoms with van der Waals surface area (Å²) in [5.74, 6) is 0.181. The average molecular weight is 506 g/mol. The van der Waals surface area contributed by atoms with E-state index in [1.165, 1.54) is 0 Å². The Morgan fingerprint density at radius 2 is 1.63 bits per heavy atom. The zero-order valence-corrected chi connectivity index (χ0v) is 20.8. The lowest BCUT2D eigenvalue weighted by Crippen LogP contribution is -2.41. The van der Waals surface area contributed by atoms with Crippen LogP contribution < -0.4 is 5.73 Å². The topological polar surface area (TPSA) is 114 Å². The number of nitrogens with two attached hydrogens (primary N) is 1. The number of aromatic nitrogens is 2. The van der Waals surface area contributed by atoms with E-state index < -0.39 is 0 Å². The lowest BCUT2D eigenvalue weighted by Gasteiger charge is -2.32. The van der Waals surface area contributed by atoms with Gasteiger partial charge in [0.05, 0.1) is 6.04 Å². The zero-order chi connectivity index (χ0) is 26.5. The maximum Gasteiger partial charge on any atom is 0.410 e. The minimum atomic E-state index is -0.385. The monoisotopic (exact) mass is 505 g/mol. The third-order valence-corrected chi connectivity index (χ3v) is 6.72. The number of ether oxygens (including phenoxy) is 1. The van der Waals surface area contributed by atoms with Crippen molar-refractivity contribution in [1.82, 2.24) is 14.7 Å². The van der Waals surface area contributed by atoms with Gasteiger partial charge in [0.2, 0.25) is 0 Å². The maximum atomic E-state index is 12.8. The number of carbonyl (C=O) groups excluding carboxylic acids is 2. The normalized spacial score (nSPS) is 15.0. The number of anilines is 1. The van der Waals surface area contributed by atoms with E-state index in [-0.39, 0.29) is 35.9 Å². The quantitative estimate of drug-likeness (QED) is 0.360. The molecule has 0 bridgehead atoms. The van der Waals surface area contributed by atoms with Crippen LogP contribution in [-0.2, 0) is 11.3 Å². The molecule has 1 fully saturated rings. The number of likely N-dealkylation sites (tertiary alicyclic amines) is 1. The van der Waals surface area contributed by atoms with Crippen LogP contribution in [0, 0.1) is 11.3 Å². The number of hydrogen-bond donors (Lipinski definition) is 1. The van der Waals surface area contributed by atoms with Crippen LogP contribution in [0.3, 0.4) is 0 Å². The second kappa shape index (κ2) is 11.0. The number of amides is 1. The van der Waals surface area contributed by atoms with Crippen molar-refractivity contribution in [3.8, 4) is 17.3 Å². The molecule has 4 aromatic rings. The number of benzene rings is 3. The van der Waals surface area contributed by atoms with E-state index in [1.54, 1.807) is 46.0 Å². The van der Waals surface area contributed by atoms with E-state index in [4.69, 9.17) is 15.6 Å². The van der Waals surface area contributed by atoms with Gasteiger partial charge < -0.3 is 15.4 Å². The van der Waals surface area contributed by atoms with Gasteiger partial charge in [0, 0.05) is 29.8 Å². The molecular formula is C30H27N5O3. The van der Waals surface area contributed by atoms with Crippen LogP contribution in [0.15, 0.2) is 84.9 Å². The first-order chi connectivity index (χ1) is 18.5. The van der Waals surface area contributed by atoms with Crippen molar-refractivity contribution >= 4 is 17.7 Å². The molecule has 1 saturated heterocycles. The van der Waals surface area contributed by atoms with Gasteiger partial charge in [-0.15, -0.1) is 0 Å². The van der Waals surface area contributed by atoms with Gasteiger partial charge >= 0.3 is 6.09 Å². The first kappa shape index (κ1) is 24.8. The van der Waals surface area contributed by atoms with Gasteiger partial charge in [-0.3, -0.25) is 4.79 Å². The Bertz CT molecular complexity index is 1470. The highest BCUT2D eigenvalue weighted by Gasteiger charge is 2.29. The van der Waals surface area contributed by atoms with Crippen LogP contribution >= 0.6 is 0 Å². The van der Waals surface area contributed by atoms with Crippen LogP contribution in [0.25, 0.3) is 11.3 Å². The Balaban J connectivity index is 1.32. The number of hydrogen-bond acceptors (Lipinski definition) is 6. The van der Waals surface area contributed by atoms with Crippen molar-refractivity contribution in [2.24, 2.45) is 0 Å². The van der Waals surface area contributed by atoms with Crippen molar-refractivity contribution in [1.29, 1.82) is 5.26 Å². The first-order valence-electron chi connectivity index (χ1n) is 12.5. The number of nitrogens with zero attached hydrogens (tertiary/aromatic N) is 4. The minimum absolute atomic E-state index is 0.0795. The average Bonchev–Trinajstić information content (AvgIpc) is 3.32. The summed E-state index contributed by atoms with van der Waals surface area (Å²) in [5.41, 5.74) is 9.87. The van der Waals surface area contributed by atoms with E-state index in [0.29, 0.717) is 35.5 Å². The van der Waals surface area contributed by atoms with Gasteiger partial charge in [0.25, 0.3) is 0 Å². The van der Waals surface area contributed by atoms with Crippen molar-refractivity contribution in [2.45, 2.75) is 25.5 Å². The molecule has 1 aliphatic heterocycles. The fraction of sp³-hybridized carbons (Fsp3) is 0.200. The van der Waals surface area contributed by atoms with Gasteiger partial charge in [-0.05, 0) is 18.4 Å². The molecule has 38 heavy (non-hydrogen) atoms. The number of rotatable bonds is 6. The van der Waals surface area contributed by atoms with Gasteiger partial charge in [-0.1, -0.05) is 84.9 Å². The smallest absolute Gasteiger partial charge is 0.410 e. The number of nitriles is 1. The molecule has 0 radical (unpaired) electrons. The lowest BCUT2D eigenvalue weighted by molar-refractivity contribution is 0.0791. The lowest BCUT2D eigenvalue weighted by atomic mass is 10.0. The molecule has 2 heterocycles. The second-order valence-electron chi connectivity index (χ2n) is 9.22. The Morgan fingerprint density at radius 3 is 2.32 bits per heavy atom. The van der Waals surface area contributed by atoms with Gasteiger partial charge in [-0.2, -0.15) is 10.4 Å². The predicted molar refractivity (Wildman–Crippen MR) is 143 cm³/mol. The summed E-state index contributed by atoms with van der Waals surface area (Å²) in [6, 6.07) is 27.6. The molecule has 8 nitrogen and oxygen atoms in total. The number of ketones is 1. The fourth-order valence-electron chi connectivity index (χ4n) is 4.70.